The summed E-state index contributed by atoms with van der Waals surface area (Å²) in [7, 11) is 6.56. The molecule has 0 spiro atoms. The smallest absolute Gasteiger partial charge is 0.256 e. The molecule has 12 nitrogen and oxygen atoms in total. The second-order valence-electron chi connectivity index (χ2n) is 13.5. The highest BCUT2D eigenvalue weighted by Crippen LogP contribution is 2.40. The summed E-state index contributed by atoms with van der Waals surface area (Å²) < 4.78 is 0. The van der Waals surface area contributed by atoms with Crippen LogP contribution in [0.1, 0.15) is 54.6 Å². The molecular weight excluding hydrogens is 798 g/mol. The van der Waals surface area contributed by atoms with E-state index in [1.807, 2.05) is 0 Å². The van der Waals surface area contributed by atoms with Gasteiger partial charge in [-0.05, 0) is 38.1 Å². The van der Waals surface area contributed by atoms with E-state index in [4.69, 9.17) is 46.4 Å². The molecule has 0 saturated carbocycles. The van der Waals surface area contributed by atoms with Crippen LogP contribution in [-0.2, 0) is 22.4 Å². The molecule has 0 unspecified atom stereocenters. The van der Waals surface area contributed by atoms with Crippen LogP contribution in [0.3, 0.4) is 0 Å². The topological polar surface area (TPSA) is 155 Å². The monoisotopic (exact) mass is 832 g/mol. The van der Waals surface area contributed by atoms with Crippen LogP contribution in [0.4, 0.5) is 0 Å². The molecule has 6 rings (SSSR count). The van der Waals surface area contributed by atoms with Gasteiger partial charge in [0.1, 0.15) is 25.2 Å². The van der Waals surface area contributed by atoms with Crippen molar-refractivity contribution in [3.05, 3.63) is 102 Å². The molecule has 16 heteroatoms. The van der Waals surface area contributed by atoms with Gasteiger partial charge in [-0.1, -0.05) is 58.5 Å². The number of rotatable bonds is 6. The molecule has 4 aromatic rings. The van der Waals surface area contributed by atoms with Crippen LogP contribution in [0, 0.1) is 36.5 Å². The molecule has 0 N–H and O–H groups in total. The molecule has 288 valence electrons. The maximum atomic E-state index is 13.3. The molecule has 2 aromatic carbocycles. The molecule has 0 fully saturated rings. The second kappa shape index (κ2) is 17.3. The Labute approximate surface area is 344 Å². The fraction of sp³-hybridized carbons (Fsp3) is 0.300. The van der Waals surface area contributed by atoms with Crippen LogP contribution in [0.15, 0.2) is 36.4 Å². The number of hydrogen-bond acceptors (Lipinski definition) is 8. The summed E-state index contributed by atoms with van der Waals surface area (Å²) >= 11 is 24.8. The minimum Gasteiger partial charge on any atom is -0.347 e. The van der Waals surface area contributed by atoms with Gasteiger partial charge in [0.05, 0.1) is 45.0 Å². The van der Waals surface area contributed by atoms with Crippen molar-refractivity contribution in [2.45, 2.75) is 26.7 Å². The number of amides is 4. The highest BCUT2D eigenvalue weighted by Gasteiger charge is 2.35. The van der Waals surface area contributed by atoms with E-state index in [9.17, 15) is 29.7 Å². The van der Waals surface area contributed by atoms with Crippen molar-refractivity contribution >= 4 is 70.0 Å². The largest absolute Gasteiger partial charge is 0.347 e. The van der Waals surface area contributed by atoms with E-state index in [0.29, 0.717) is 102 Å². The van der Waals surface area contributed by atoms with Crippen molar-refractivity contribution < 1.29 is 19.2 Å². The number of fused-ring (bicyclic) bond motifs is 2. The maximum absolute atomic E-state index is 13.3. The molecule has 0 aliphatic carbocycles. The SMILES string of the molecule is Cc1nc2c(c(-c3ccc(Cl)cc3Cl)c1C#N)C(=O)N(CC(=O)N(C)C)CC2.Cc1nc2c(c(-c3ccc(Cl)cc3Cl)c1C#N)C(=O)N(CC(=O)N(C)C)CC2. The van der Waals surface area contributed by atoms with E-state index >= 15 is 0 Å². The first-order valence-corrected chi connectivity index (χ1v) is 18.8. The normalized spacial score (nSPS) is 13.1. The minimum atomic E-state index is -0.332. The number of carbonyl (C=O) groups is 4. The summed E-state index contributed by atoms with van der Waals surface area (Å²) in [5.74, 6) is -1.02. The number of pyridine rings is 2. The Kier molecular flexibility index (Phi) is 12.9. The third kappa shape index (κ3) is 8.45. The summed E-state index contributed by atoms with van der Waals surface area (Å²) in [4.78, 5) is 65.6. The zero-order valence-corrected chi connectivity index (χ0v) is 34.5. The molecule has 56 heavy (non-hydrogen) atoms. The summed E-state index contributed by atoms with van der Waals surface area (Å²) in [6.07, 6.45) is 0.985. The van der Waals surface area contributed by atoms with Crippen molar-refractivity contribution in [1.29, 1.82) is 10.5 Å². The predicted molar refractivity (Wildman–Crippen MR) is 215 cm³/mol. The maximum Gasteiger partial charge on any atom is 0.256 e. The fourth-order valence-corrected chi connectivity index (χ4v) is 7.47. The summed E-state index contributed by atoms with van der Waals surface area (Å²) in [6.45, 7) is 4.18. The Hall–Kier alpha value is -5.24. The van der Waals surface area contributed by atoms with Crippen molar-refractivity contribution in [1.82, 2.24) is 29.6 Å². The van der Waals surface area contributed by atoms with E-state index in [0.717, 1.165) is 0 Å². The third-order valence-electron chi connectivity index (χ3n) is 9.42. The van der Waals surface area contributed by atoms with Gasteiger partial charge in [0.25, 0.3) is 11.8 Å². The average molecular weight is 835 g/mol. The number of carbonyl (C=O) groups excluding carboxylic acids is 4. The van der Waals surface area contributed by atoms with Gasteiger partial charge in [-0.3, -0.25) is 29.1 Å². The van der Waals surface area contributed by atoms with Gasteiger partial charge in [0.15, 0.2) is 0 Å². The first-order chi connectivity index (χ1) is 26.5. The van der Waals surface area contributed by atoms with Gasteiger partial charge < -0.3 is 19.6 Å². The standard InChI is InChI=1S/2C20H18Cl2N4O2/c2*1-11-14(9-23)18(13-5-4-12(21)8-15(13)22)19-16(24-11)6-7-26(20(19)28)10-17(27)25(2)3/h2*4-5,8H,6-7,10H2,1-3H3. The van der Waals surface area contributed by atoms with Gasteiger partial charge in [-0.25, -0.2) is 0 Å². The Morgan fingerprint density at radius 3 is 1.32 bits per heavy atom. The number of likely N-dealkylation sites (N-methyl/N-ethyl adjacent to an activating group) is 2. The number of nitrogens with zero attached hydrogens (tertiary/aromatic N) is 8. The lowest BCUT2D eigenvalue weighted by Crippen LogP contribution is -2.44. The lowest BCUT2D eigenvalue weighted by atomic mass is 9.89. The summed E-state index contributed by atoms with van der Waals surface area (Å²) in [6, 6.07) is 14.1. The highest BCUT2D eigenvalue weighted by molar-refractivity contribution is 6.37. The van der Waals surface area contributed by atoms with Crippen molar-refractivity contribution in [3.8, 4) is 34.4 Å². The van der Waals surface area contributed by atoms with E-state index < -0.39 is 0 Å². The zero-order chi connectivity index (χ0) is 41.2. The molecule has 0 atom stereocenters. The predicted octanol–water partition coefficient (Wildman–Crippen LogP) is 6.64. The van der Waals surface area contributed by atoms with Crippen LogP contribution >= 0.6 is 46.4 Å². The fourth-order valence-electron chi connectivity index (χ4n) is 6.46. The van der Waals surface area contributed by atoms with Crippen molar-refractivity contribution in [2.75, 3.05) is 54.4 Å². The molecule has 0 bridgehead atoms. The summed E-state index contributed by atoms with van der Waals surface area (Å²) in [5, 5.41) is 21.1. The Morgan fingerprint density at radius 1 is 0.661 bits per heavy atom. The average Bonchev–Trinajstić information content (AvgIpc) is 3.13. The minimum absolute atomic E-state index is 0.0329. The Morgan fingerprint density at radius 2 is 1.02 bits per heavy atom. The second-order valence-corrected chi connectivity index (χ2v) is 15.2. The van der Waals surface area contributed by atoms with Gasteiger partial charge in [-0.15, -0.1) is 0 Å². The van der Waals surface area contributed by atoms with E-state index in [-0.39, 0.29) is 47.8 Å². The number of aromatic nitrogens is 2. The van der Waals surface area contributed by atoms with Crippen LogP contribution in [0.5, 0.6) is 0 Å². The van der Waals surface area contributed by atoms with Gasteiger partial charge in [-0.2, -0.15) is 10.5 Å². The quantitative estimate of drug-likeness (QED) is 0.210. The molecule has 2 aliphatic heterocycles. The van der Waals surface area contributed by atoms with Gasteiger partial charge in [0, 0.05) is 96.5 Å². The van der Waals surface area contributed by atoms with Gasteiger partial charge in [0.2, 0.25) is 11.8 Å². The molecule has 2 aliphatic rings. The van der Waals surface area contributed by atoms with Crippen LogP contribution in [-0.4, -0.2) is 108 Å². The number of aryl methyl sites for hydroxylation is 2. The van der Waals surface area contributed by atoms with Crippen molar-refractivity contribution in [3.63, 3.8) is 0 Å². The van der Waals surface area contributed by atoms with Crippen LogP contribution in [0.2, 0.25) is 20.1 Å². The first-order valence-electron chi connectivity index (χ1n) is 17.3. The zero-order valence-electron chi connectivity index (χ0n) is 31.4. The van der Waals surface area contributed by atoms with E-state index in [2.05, 4.69) is 22.1 Å². The van der Waals surface area contributed by atoms with E-state index in [1.165, 1.54) is 19.6 Å². The van der Waals surface area contributed by atoms with Crippen molar-refractivity contribution in [2.24, 2.45) is 0 Å². The lowest BCUT2D eigenvalue weighted by Gasteiger charge is -2.30. The molecule has 4 heterocycles. The molecule has 0 radical (unpaired) electrons. The van der Waals surface area contributed by atoms with Gasteiger partial charge >= 0.3 is 0 Å². The number of benzene rings is 2. The Balaban J connectivity index is 0.000000214. The van der Waals surface area contributed by atoms with E-state index in [1.54, 1.807) is 78.4 Å². The highest BCUT2D eigenvalue weighted by atomic mass is 35.5. The molecule has 0 saturated heterocycles. The molecule has 4 amide bonds. The number of halogens is 4. The van der Waals surface area contributed by atoms with Crippen LogP contribution < -0.4 is 0 Å². The summed E-state index contributed by atoms with van der Waals surface area (Å²) in [5.41, 5.74) is 5.48. The molecular formula is C40H36Cl4N8O4. The number of hydrogen-bond donors (Lipinski definition) is 0. The molecule has 2 aromatic heterocycles. The lowest BCUT2D eigenvalue weighted by molar-refractivity contribution is -0.130. The number of nitriles is 2. The first kappa shape index (κ1) is 41.9. The Bertz CT molecular complexity index is 2220. The van der Waals surface area contributed by atoms with Crippen LogP contribution in [0.25, 0.3) is 22.3 Å². The third-order valence-corrected chi connectivity index (χ3v) is 10.5.